The van der Waals surface area contributed by atoms with Gasteiger partial charge in [0.1, 0.15) is 0 Å². The molecule has 1 atom stereocenters. The number of rotatable bonds is 8. The molecule has 7 heteroatoms. The standard InChI is InChI=1S/C43H39N3O3S/c1-6-49-42(48)38-39(33-15-11-8-12-16-33)44-43-46(40(38)34-19-17-30(18-20-34)27(2)3)41(47)37(50-43)26-35-25-28(4)45(29(35)5)36-23-21-32(22-24-36)31-13-9-7-10-14-31/h7-27,40H,6H2,1-5H3/b37-26-/t40-/m1/s1. The van der Waals surface area contributed by atoms with Crippen LogP contribution in [0.2, 0.25) is 0 Å². The number of carbonyl (C=O) groups is 1. The van der Waals surface area contributed by atoms with E-state index in [1.807, 2.05) is 66.7 Å². The fourth-order valence-corrected chi connectivity index (χ4v) is 7.72. The topological polar surface area (TPSA) is 65.6 Å². The Balaban J connectivity index is 1.38. The Kier molecular flexibility index (Phi) is 9.08. The second kappa shape index (κ2) is 13.8. The zero-order valence-corrected chi connectivity index (χ0v) is 29.7. The molecule has 0 spiro atoms. The molecule has 0 fully saturated rings. The van der Waals surface area contributed by atoms with Crippen LogP contribution in [-0.4, -0.2) is 21.7 Å². The zero-order chi connectivity index (χ0) is 34.9. The van der Waals surface area contributed by atoms with Crippen LogP contribution in [0.15, 0.2) is 131 Å². The van der Waals surface area contributed by atoms with Gasteiger partial charge in [0.05, 0.1) is 28.5 Å². The fourth-order valence-electron chi connectivity index (χ4n) is 6.72. The maximum absolute atomic E-state index is 14.5. The molecule has 6 aromatic rings. The van der Waals surface area contributed by atoms with Crippen molar-refractivity contribution < 1.29 is 9.53 Å². The lowest BCUT2D eigenvalue weighted by atomic mass is 9.91. The highest BCUT2D eigenvalue weighted by molar-refractivity contribution is 7.07. The minimum Gasteiger partial charge on any atom is -0.463 e. The second-order valence-corrected chi connectivity index (χ2v) is 13.8. The Morgan fingerprint density at radius 2 is 1.48 bits per heavy atom. The predicted molar refractivity (Wildman–Crippen MR) is 202 cm³/mol. The summed E-state index contributed by atoms with van der Waals surface area (Å²) in [4.78, 5) is 33.9. The first-order valence-electron chi connectivity index (χ1n) is 17.0. The molecule has 4 aromatic carbocycles. The number of benzene rings is 4. The van der Waals surface area contributed by atoms with Crippen LogP contribution < -0.4 is 14.9 Å². The van der Waals surface area contributed by atoms with Gasteiger partial charge in [-0.25, -0.2) is 9.79 Å². The molecule has 0 N–H and O–H groups in total. The van der Waals surface area contributed by atoms with Crippen LogP contribution in [0, 0.1) is 13.8 Å². The molecule has 0 saturated carbocycles. The number of hydrogen-bond donors (Lipinski definition) is 0. The molecular weight excluding hydrogens is 639 g/mol. The molecule has 0 radical (unpaired) electrons. The van der Waals surface area contributed by atoms with Crippen molar-refractivity contribution in [1.82, 2.24) is 9.13 Å². The third-order valence-corrected chi connectivity index (χ3v) is 10.3. The van der Waals surface area contributed by atoms with Crippen molar-refractivity contribution in [1.29, 1.82) is 0 Å². The Hall–Kier alpha value is -5.53. The second-order valence-electron chi connectivity index (χ2n) is 12.8. The number of ether oxygens (including phenoxy) is 1. The first-order chi connectivity index (χ1) is 24.2. The Bertz CT molecular complexity index is 2400. The first-order valence-corrected chi connectivity index (χ1v) is 17.8. The molecule has 6 nitrogen and oxygen atoms in total. The zero-order valence-electron chi connectivity index (χ0n) is 28.9. The SMILES string of the molecule is CCOC(=O)C1=C(c2ccccc2)N=c2s/c(=C\c3cc(C)n(-c4ccc(-c5ccccc5)cc4)c3C)c(=O)n2[C@@H]1c1ccc(C(C)C)cc1. The maximum atomic E-state index is 14.5. The molecule has 0 amide bonds. The van der Waals surface area contributed by atoms with Crippen molar-refractivity contribution in [3.05, 3.63) is 174 Å². The number of hydrogen-bond acceptors (Lipinski definition) is 5. The minimum atomic E-state index is -0.709. The monoisotopic (exact) mass is 677 g/mol. The highest BCUT2D eigenvalue weighted by Crippen LogP contribution is 2.36. The van der Waals surface area contributed by atoms with Gasteiger partial charge in [0.15, 0.2) is 4.80 Å². The van der Waals surface area contributed by atoms with Crippen molar-refractivity contribution in [3.8, 4) is 16.8 Å². The third kappa shape index (κ3) is 6.09. The summed E-state index contributed by atoms with van der Waals surface area (Å²) in [5, 5.41) is 0. The molecule has 50 heavy (non-hydrogen) atoms. The van der Waals surface area contributed by atoms with Crippen molar-refractivity contribution in [2.24, 2.45) is 4.99 Å². The van der Waals surface area contributed by atoms with E-state index in [0.717, 1.165) is 39.3 Å². The molecule has 0 unspecified atom stereocenters. The van der Waals surface area contributed by atoms with Gasteiger partial charge in [0, 0.05) is 22.6 Å². The number of aromatic nitrogens is 2. The number of fused-ring (bicyclic) bond motifs is 1. The smallest absolute Gasteiger partial charge is 0.338 e. The van der Waals surface area contributed by atoms with Gasteiger partial charge in [-0.05, 0) is 78.8 Å². The third-order valence-electron chi connectivity index (χ3n) is 9.28. The van der Waals surface area contributed by atoms with E-state index in [4.69, 9.17) is 9.73 Å². The van der Waals surface area contributed by atoms with Gasteiger partial charge < -0.3 is 9.30 Å². The average Bonchev–Trinajstić information content (AvgIpc) is 3.61. The molecular formula is C43H39N3O3S. The lowest BCUT2D eigenvalue weighted by Crippen LogP contribution is -2.40. The maximum Gasteiger partial charge on any atom is 0.338 e. The van der Waals surface area contributed by atoms with Crippen molar-refractivity contribution in [3.63, 3.8) is 0 Å². The molecule has 2 aromatic heterocycles. The van der Waals surface area contributed by atoms with Gasteiger partial charge in [-0.1, -0.05) is 122 Å². The van der Waals surface area contributed by atoms with E-state index in [0.29, 0.717) is 26.5 Å². The number of esters is 1. The van der Waals surface area contributed by atoms with Crippen LogP contribution in [0.25, 0.3) is 28.6 Å². The lowest BCUT2D eigenvalue weighted by molar-refractivity contribution is -0.138. The van der Waals surface area contributed by atoms with Gasteiger partial charge in [-0.3, -0.25) is 9.36 Å². The Morgan fingerprint density at radius 1 is 0.860 bits per heavy atom. The normalized spacial score (nSPS) is 14.5. The van der Waals surface area contributed by atoms with Crippen LogP contribution in [0.1, 0.15) is 66.4 Å². The van der Waals surface area contributed by atoms with Gasteiger partial charge >= 0.3 is 5.97 Å². The van der Waals surface area contributed by atoms with Crippen molar-refractivity contribution in [2.45, 2.75) is 46.6 Å². The molecule has 0 aliphatic carbocycles. The van der Waals surface area contributed by atoms with E-state index in [2.05, 4.69) is 86.9 Å². The summed E-state index contributed by atoms with van der Waals surface area (Å²) in [6, 6.07) is 38.1. The number of aryl methyl sites for hydroxylation is 1. The predicted octanol–water partition coefficient (Wildman–Crippen LogP) is 8.13. The minimum absolute atomic E-state index is 0.197. The molecule has 250 valence electrons. The fraction of sp³-hybridized carbons (Fsp3) is 0.186. The van der Waals surface area contributed by atoms with Gasteiger partial charge in [-0.2, -0.15) is 0 Å². The average molecular weight is 678 g/mol. The summed E-state index contributed by atoms with van der Waals surface area (Å²) >= 11 is 1.34. The van der Waals surface area contributed by atoms with Gasteiger partial charge in [-0.15, -0.1) is 0 Å². The van der Waals surface area contributed by atoms with E-state index in [1.54, 1.807) is 11.5 Å². The highest BCUT2D eigenvalue weighted by atomic mass is 32.1. The van der Waals surface area contributed by atoms with Gasteiger partial charge in [0.25, 0.3) is 5.56 Å². The van der Waals surface area contributed by atoms with E-state index < -0.39 is 12.0 Å². The summed E-state index contributed by atoms with van der Waals surface area (Å²) in [5.41, 5.74) is 9.89. The van der Waals surface area contributed by atoms with Crippen LogP contribution in [0.5, 0.6) is 0 Å². The van der Waals surface area contributed by atoms with E-state index >= 15 is 0 Å². The van der Waals surface area contributed by atoms with E-state index in [1.165, 1.54) is 22.5 Å². The van der Waals surface area contributed by atoms with Crippen LogP contribution in [0.3, 0.4) is 0 Å². The van der Waals surface area contributed by atoms with Crippen molar-refractivity contribution in [2.75, 3.05) is 6.61 Å². The molecule has 1 aliphatic rings. The molecule has 0 saturated heterocycles. The number of nitrogens with zero attached hydrogens (tertiary/aromatic N) is 3. The van der Waals surface area contributed by atoms with Crippen LogP contribution in [-0.2, 0) is 9.53 Å². The van der Waals surface area contributed by atoms with E-state index in [9.17, 15) is 9.59 Å². The molecule has 3 heterocycles. The number of thiazole rings is 1. The summed E-state index contributed by atoms with van der Waals surface area (Å²) in [5.74, 6) is -0.143. The first kappa shape index (κ1) is 33.0. The quantitative estimate of drug-likeness (QED) is 0.153. The van der Waals surface area contributed by atoms with Crippen LogP contribution in [0.4, 0.5) is 0 Å². The number of carbonyl (C=O) groups excluding carboxylic acids is 1. The van der Waals surface area contributed by atoms with Crippen LogP contribution >= 0.6 is 11.3 Å². The largest absolute Gasteiger partial charge is 0.463 e. The summed E-state index contributed by atoms with van der Waals surface area (Å²) < 4.78 is 10.1. The molecule has 7 rings (SSSR count). The molecule has 1 aliphatic heterocycles. The van der Waals surface area contributed by atoms with Gasteiger partial charge in [0.2, 0.25) is 0 Å². The van der Waals surface area contributed by atoms with Crippen molar-refractivity contribution >= 4 is 29.1 Å². The van der Waals surface area contributed by atoms with E-state index in [-0.39, 0.29) is 12.2 Å². The summed E-state index contributed by atoms with van der Waals surface area (Å²) in [6.07, 6.45) is 1.95. The summed E-state index contributed by atoms with van der Waals surface area (Å²) in [6.45, 7) is 10.4. The lowest BCUT2D eigenvalue weighted by Gasteiger charge is -2.26. The Labute approximate surface area is 296 Å². The molecule has 0 bridgehead atoms. The highest BCUT2D eigenvalue weighted by Gasteiger charge is 2.35. The summed E-state index contributed by atoms with van der Waals surface area (Å²) in [7, 11) is 0. The Morgan fingerprint density at radius 3 is 2.10 bits per heavy atom.